The van der Waals surface area contributed by atoms with Crippen molar-refractivity contribution >= 4 is 10.0 Å². The molecule has 0 radical (unpaired) electrons. The lowest BCUT2D eigenvalue weighted by atomic mass is 10.1. The molecule has 20 heavy (non-hydrogen) atoms. The Morgan fingerprint density at radius 3 is 2.55 bits per heavy atom. The zero-order valence-corrected chi connectivity index (χ0v) is 12.0. The minimum Gasteiger partial charge on any atom is -0.390 e. The van der Waals surface area contributed by atoms with E-state index in [1.807, 2.05) is 37.3 Å². The van der Waals surface area contributed by atoms with Crippen LogP contribution in [0.2, 0.25) is 0 Å². The molecule has 3 N–H and O–H groups in total. The van der Waals surface area contributed by atoms with Crippen molar-refractivity contribution in [2.75, 3.05) is 0 Å². The summed E-state index contributed by atoms with van der Waals surface area (Å²) in [5, 5.41) is 8.98. The first-order valence-corrected chi connectivity index (χ1v) is 7.90. The maximum absolute atomic E-state index is 12.3. The molecular weight excluding hydrogens is 276 g/mol. The fourth-order valence-corrected chi connectivity index (χ4v) is 3.32. The molecule has 0 amide bonds. The van der Waals surface area contributed by atoms with Crippen molar-refractivity contribution in [2.24, 2.45) is 0 Å². The first-order valence-electron chi connectivity index (χ1n) is 6.42. The molecule has 1 unspecified atom stereocenters. The first kappa shape index (κ1) is 14.8. The number of sulfonamides is 1. The normalized spacial score (nSPS) is 13.3. The van der Waals surface area contributed by atoms with E-state index in [0.717, 1.165) is 5.56 Å². The lowest BCUT2D eigenvalue weighted by Crippen LogP contribution is -2.28. The molecular formula is C14H18N2O3S. The van der Waals surface area contributed by atoms with E-state index in [2.05, 4.69) is 9.71 Å². The van der Waals surface area contributed by atoms with Crippen molar-refractivity contribution in [3.8, 4) is 0 Å². The Balaban J connectivity index is 2.22. The van der Waals surface area contributed by atoms with Gasteiger partial charge in [-0.05, 0) is 18.1 Å². The minimum absolute atomic E-state index is 0.135. The second-order valence-electron chi connectivity index (χ2n) is 4.51. The Kier molecular flexibility index (Phi) is 4.59. The Labute approximate surface area is 118 Å². The number of aliphatic hydroxyl groups is 1. The highest BCUT2D eigenvalue weighted by Crippen LogP contribution is 2.20. The first-order chi connectivity index (χ1) is 9.56. The third kappa shape index (κ3) is 3.27. The van der Waals surface area contributed by atoms with Gasteiger partial charge in [-0.25, -0.2) is 13.1 Å². The van der Waals surface area contributed by atoms with E-state index in [9.17, 15) is 8.42 Å². The van der Waals surface area contributed by atoms with Gasteiger partial charge in [0, 0.05) is 17.9 Å². The molecule has 0 aliphatic rings. The lowest BCUT2D eigenvalue weighted by molar-refractivity contribution is 0.277. The van der Waals surface area contributed by atoms with Crippen LogP contribution in [0.1, 0.15) is 30.6 Å². The number of nitrogens with one attached hydrogen (secondary N) is 2. The number of hydrogen-bond donors (Lipinski definition) is 3. The van der Waals surface area contributed by atoms with Crippen molar-refractivity contribution in [2.45, 2.75) is 30.9 Å². The molecule has 5 nitrogen and oxygen atoms in total. The number of H-pyrrole nitrogens is 1. The van der Waals surface area contributed by atoms with Crippen LogP contribution < -0.4 is 4.72 Å². The molecule has 0 fully saturated rings. The van der Waals surface area contributed by atoms with Crippen molar-refractivity contribution in [3.05, 3.63) is 53.9 Å². The van der Waals surface area contributed by atoms with Crippen molar-refractivity contribution < 1.29 is 13.5 Å². The highest BCUT2D eigenvalue weighted by atomic mass is 32.2. The van der Waals surface area contributed by atoms with Gasteiger partial charge in [-0.15, -0.1) is 0 Å². The highest BCUT2D eigenvalue weighted by molar-refractivity contribution is 7.89. The number of hydrogen-bond acceptors (Lipinski definition) is 3. The predicted molar refractivity (Wildman–Crippen MR) is 76.5 cm³/mol. The molecule has 1 aromatic carbocycles. The quantitative estimate of drug-likeness (QED) is 0.761. The summed E-state index contributed by atoms with van der Waals surface area (Å²) < 4.78 is 27.3. The summed E-state index contributed by atoms with van der Waals surface area (Å²) in [6, 6.07) is 10.6. The number of benzene rings is 1. The molecule has 1 atom stereocenters. The molecule has 1 aromatic heterocycles. The molecule has 0 bridgehead atoms. The van der Waals surface area contributed by atoms with Gasteiger partial charge in [0.05, 0.1) is 11.5 Å². The fraction of sp³-hybridized carbons (Fsp3) is 0.286. The van der Waals surface area contributed by atoms with Gasteiger partial charge in [-0.3, -0.25) is 0 Å². The molecule has 2 aromatic rings. The van der Waals surface area contributed by atoms with E-state index in [1.165, 1.54) is 12.3 Å². The zero-order valence-electron chi connectivity index (χ0n) is 11.2. The van der Waals surface area contributed by atoms with Crippen LogP contribution in [-0.2, 0) is 16.6 Å². The number of aliphatic hydroxyl groups excluding tert-OH is 1. The van der Waals surface area contributed by atoms with Crippen molar-refractivity contribution in [1.29, 1.82) is 0 Å². The largest absolute Gasteiger partial charge is 0.390 e. The molecule has 0 spiro atoms. The summed E-state index contributed by atoms with van der Waals surface area (Å²) in [6.45, 7) is 1.71. The fourth-order valence-electron chi connectivity index (χ4n) is 1.99. The summed E-state index contributed by atoms with van der Waals surface area (Å²) >= 11 is 0. The Hall–Kier alpha value is -1.63. The second-order valence-corrected chi connectivity index (χ2v) is 6.23. The van der Waals surface area contributed by atoms with E-state index in [1.54, 1.807) is 0 Å². The van der Waals surface area contributed by atoms with Crippen LogP contribution in [0.15, 0.2) is 47.5 Å². The van der Waals surface area contributed by atoms with Crippen LogP contribution in [0.3, 0.4) is 0 Å². The Bertz CT molecular complexity index is 650. The van der Waals surface area contributed by atoms with Crippen LogP contribution in [-0.4, -0.2) is 18.5 Å². The van der Waals surface area contributed by atoms with Crippen LogP contribution in [0, 0.1) is 0 Å². The molecule has 0 saturated carbocycles. The average Bonchev–Trinajstić information content (AvgIpc) is 2.95. The molecule has 6 heteroatoms. The van der Waals surface area contributed by atoms with E-state index in [-0.39, 0.29) is 17.5 Å². The van der Waals surface area contributed by atoms with Crippen LogP contribution in [0.4, 0.5) is 0 Å². The van der Waals surface area contributed by atoms with Crippen LogP contribution >= 0.6 is 0 Å². The summed E-state index contributed by atoms with van der Waals surface area (Å²) in [4.78, 5) is 2.86. The summed E-state index contributed by atoms with van der Waals surface area (Å²) in [7, 11) is -3.60. The smallest absolute Gasteiger partial charge is 0.242 e. The van der Waals surface area contributed by atoms with Crippen LogP contribution in [0.25, 0.3) is 0 Å². The highest BCUT2D eigenvalue weighted by Gasteiger charge is 2.21. The van der Waals surface area contributed by atoms with Crippen molar-refractivity contribution in [3.63, 3.8) is 0 Å². The summed E-state index contributed by atoms with van der Waals surface area (Å²) in [5.41, 5.74) is 1.40. The van der Waals surface area contributed by atoms with Gasteiger partial charge in [0.2, 0.25) is 10.0 Å². The molecule has 0 aliphatic heterocycles. The molecule has 108 valence electrons. The number of aromatic nitrogens is 1. The van der Waals surface area contributed by atoms with Crippen molar-refractivity contribution in [1.82, 2.24) is 9.71 Å². The molecule has 1 heterocycles. The number of aromatic amines is 1. The summed E-state index contributed by atoms with van der Waals surface area (Å²) in [6.07, 6.45) is 2.03. The molecule has 2 rings (SSSR count). The predicted octanol–water partition coefficient (Wildman–Crippen LogP) is 1.94. The van der Waals surface area contributed by atoms with E-state index < -0.39 is 10.0 Å². The molecule has 0 aliphatic carbocycles. The average molecular weight is 294 g/mol. The lowest BCUT2D eigenvalue weighted by Gasteiger charge is -2.16. The van der Waals surface area contributed by atoms with Gasteiger partial charge in [0.15, 0.2) is 0 Å². The van der Waals surface area contributed by atoms with Gasteiger partial charge in [0.1, 0.15) is 0 Å². The third-order valence-electron chi connectivity index (χ3n) is 3.10. The number of rotatable bonds is 6. The Morgan fingerprint density at radius 1 is 1.30 bits per heavy atom. The zero-order chi connectivity index (χ0) is 14.6. The van der Waals surface area contributed by atoms with Crippen LogP contribution in [0.5, 0.6) is 0 Å². The maximum atomic E-state index is 12.3. The van der Waals surface area contributed by atoms with Gasteiger partial charge >= 0.3 is 0 Å². The second kappa shape index (κ2) is 6.21. The minimum atomic E-state index is -3.60. The van der Waals surface area contributed by atoms with E-state index in [0.29, 0.717) is 12.1 Å². The van der Waals surface area contributed by atoms with Gasteiger partial charge in [-0.1, -0.05) is 37.3 Å². The SMILES string of the molecule is CCC(NS(=O)(=O)c1c[nH]c(CO)c1)c1ccccc1. The van der Waals surface area contributed by atoms with E-state index >= 15 is 0 Å². The standard InChI is InChI=1S/C14H18N2O3S/c1-2-14(11-6-4-3-5-7-11)16-20(18,19)13-8-12(10-17)15-9-13/h3-9,14-17H,2,10H2,1H3. The maximum Gasteiger partial charge on any atom is 0.242 e. The van der Waals surface area contributed by atoms with Gasteiger partial charge in [-0.2, -0.15) is 0 Å². The third-order valence-corrected chi connectivity index (χ3v) is 4.56. The van der Waals surface area contributed by atoms with Gasteiger partial charge in [0.25, 0.3) is 0 Å². The topological polar surface area (TPSA) is 82.2 Å². The summed E-state index contributed by atoms with van der Waals surface area (Å²) in [5.74, 6) is 0. The monoisotopic (exact) mass is 294 g/mol. The van der Waals surface area contributed by atoms with E-state index in [4.69, 9.17) is 5.11 Å². The van der Waals surface area contributed by atoms with Gasteiger partial charge < -0.3 is 10.1 Å². The Morgan fingerprint density at radius 2 is 2.00 bits per heavy atom. The molecule has 0 saturated heterocycles.